The van der Waals surface area contributed by atoms with Gasteiger partial charge in [-0.15, -0.1) is 11.3 Å². The summed E-state index contributed by atoms with van der Waals surface area (Å²) in [6.45, 7) is 3.65. The minimum absolute atomic E-state index is 0.306. The second-order valence-corrected chi connectivity index (χ2v) is 4.51. The number of aliphatic hydroxyl groups excluding tert-OH is 1. The molecule has 0 saturated heterocycles. The molecule has 0 bridgehead atoms. The molecule has 1 unspecified atom stereocenters. The van der Waals surface area contributed by atoms with Gasteiger partial charge in [0.15, 0.2) is 0 Å². The number of likely N-dealkylation sites (N-methyl/N-ethyl adjacent to an activating group) is 1. The molecule has 14 heavy (non-hydrogen) atoms. The molecule has 0 radical (unpaired) electrons. The predicted octanol–water partition coefficient (Wildman–Crippen LogP) is 0.203. The van der Waals surface area contributed by atoms with Crippen LogP contribution in [0.25, 0.3) is 0 Å². The van der Waals surface area contributed by atoms with Crippen molar-refractivity contribution in [3.05, 3.63) is 16.1 Å². The molecule has 1 atom stereocenters. The summed E-state index contributed by atoms with van der Waals surface area (Å²) >= 11 is 1.65. The van der Waals surface area contributed by atoms with E-state index in [9.17, 15) is 5.11 Å². The van der Waals surface area contributed by atoms with Crippen LogP contribution in [0.15, 0.2) is 5.38 Å². The maximum atomic E-state index is 9.33. The number of nitrogens with two attached hydrogens (primary N) is 1. The number of hydrogen-bond donors (Lipinski definition) is 2. The Bertz CT molecular complexity index is 277. The van der Waals surface area contributed by atoms with Crippen LogP contribution >= 0.6 is 11.3 Å². The third kappa shape index (κ3) is 3.71. The van der Waals surface area contributed by atoms with Crippen LogP contribution in [-0.2, 0) is 6.54 Å². The number of thiazole rings is 1. The van der Waals surface area contributed by atoms with Crippen molar-refractivity contribution in [3.8, 4) is 0 Å². The first-order valence-corrected chi connectivity index (χ1v) is 5.47. The molecule has 0 aliphatic heterocycles. The Morgan fingerprint density at radius 2 is 2.43 bits per heavy atom. The van der Waals surface area contributed by atoms with Gasteiger partial charge in [-0.05, 0) is 14.0 Å². The number of rotatable bonds is 5. The van der Waals surface area contributed by atoms with Crippen LogP contribution in [0.1, 0.15) is 10.7 Å². The van der Waals surface area contributed by atoms with Gasteiger partial charge < -0.3 is 10.8 Å². The summed E-state index contributed by atoms with van der Waals surface area (Å²) in [7, 11) is 1.95. The van der Waals surface area contributed by atoms with Crippen LogP contribution in [-0.4, -0.2) is 41.2 Å². The molecule has 3 N–H and O–H groups in total. The molecule has 0 fully saturated rings. The number of aryl methyl sites for hydroxylation is 1. The van der Waals surface area contributed by atoms with E-state index in [1.54, 1.807) is 11.3 Å². The molecule has 5 heteroatoms. The second kappa shape index (κ2) is 5.41. The Hall–Kier alpha value is -0.490. The van der Waals surface area contributed by atoms with Crippen molar-refractivity contribution in [1.29, 1.82) is 0 Å². The fourth-order valence-electron chi connectivity index (χ4n) is 1.26. The van der Waals surface area contributed by atoms with Gasteiger partial charge in [0.1, 0.15) is 0 Å². The molecule has 80 valence electrons. The summed E-state index contributed by atoms with van der Waals surface area (Å²) in [4.78, 5) is 6.37. The molecule has 0 amide bonds. The van der Waals surface area contributed by atoms with Crippen LogP contribution in [0.5, 0.6) is 0 Å². The molecule has 0 aliphatic rings. The molecule has 1 heterocycles. The third-order valence-corrected chi connectivity index (χ3v) is 2.72. The van der Waals surface area contributed by atoms with E-state index in [4.69, 9.17) is 5.73 Å². The van der Waals surface area contributed by atoms with Gasteiger partial charge >= 0.3 is 0 Å². The predicted molar refractivity (Wildman–Crippen MR) is 58.2 cm³/mol. The minimum atomic E-state index is -0.445. The van der Waals surface area contributed by atoms with E-state index in [1.807, 2.05) is 24.3 Å². The van der Waals surface area contributed by atoms with Gasteiger partial charge in [-0.1, -0.05) is 0 Å². The van der Waals surface area contributed by atoms with Crippen molar-refractivity contribution >= 4 is 11.3 Å². The highest BCUT2D eigenvalue weighted by molar-refractivity contribution is 7.09. The Morgan fingerprint density at radius 1 is 1.71 bits per heavy atom. The number of aliphatic hydroxyl groups is 1. The number of nitrogens with zero attached hydrogens (tertiary/aromatic N) is 2. The average molecular weight is 215 g/mol. The van der Waals surface area contributed by atoms with Gasteiger partial charge in [0.25, 0.3) is 0 Å². The first-order chi connectivity index (χ1) is 6.61. The monoisotopic (exact) mass is 215 g/mol. The first kappa shape index (κ1) is 11.6. The molecule has 0 saturated carbocycles. The number of aromatic nitrogens is 1. The van der Waals surface area contributed by atoms with E-state index in [1.165, 1.54) is 0 Å². The van der Waals surface area contributed by atoms with Crippen molar-refractivity contribution in [1.82, 2.24) is 9.88 Å². The third-order valence-electron chi connectivity index (χ3n) is 1.89. The topological polar surface area (TPSA) is 62.4 Å². The quantitative estimate of drug-likeness (QED) is 0.736. The van der Waals surface area contributed by atoms with E-state index in [2.05, 4.69) is 4.98 Å². The van der Waals surface area contributed by atoms with Crippen LogP contribution in [0, 0.1) is 6.92 Å². The fraction of sp³-hybridized carbons (Fsp3) is 0.667. The summed E-state index contributed by atoms with van der Waals surface area (Å²) in [5.41, 5.74) is 6.38. The lowest BCUT2D eigenvalue weighted by Crippen LogP contribution is -2.33. The molecule has 0 aromatic carbocycles. The molecule has 0 aliphatic carbocycles. The molecule has 1 aromatic rings. The van der Waals surface area contributed by atoms with E-state index < -0.39 is 6.10 Å². The Labute approximate surface area is 88.4 Å². The molecular weight excluding hydrogens is 198 g/mol. The maximum absolute atomic E-state index is 9.33. The molecule has 1 aromatic heterocycles. The van der Waals surface area contributed by atoms with Crippen LogP contribution in [0.4, 0.5) is 0 Å². The lowest BCUT2D eigenvalue weighted by Gasteiger charge is -2.18. The highest BCUT2D eigenvalue weighted by Gasteiger charge is 2.07. The highest BCUT2D eigenvalue weighted by atomic mass is 32.1. The molecule has 0 spiro atoms. The van der Waals surface area contributed by atoms with Crippen molar-refractivity contribution in [2.24, 2.45) is 5.73 Å². The van der Waals surface area contributed by atoms with Crippen molar-refractivity contribution in [3.63, 3.8) is 0 Å². The van der Waals surface area contributed by atoms with Gasteiger partial charge in [0.2, 0.25) is 0 Å². The average Bonchev–Trinajstić information content (AvgIpc) is 2.50. The number of hydrogen-bond acceptors (Lipinski definition) is 5. The smallest absolute Gasteiger partial charge is 0.0897 e. The van der Waals surface area contributed by atoms with Crippen LogP contribution in [0.3, 0.4) is 0 Å². The zero-order valence-corrected chi connectivity index (χ0v) is 9.42. The van der Waals surface area contributed by atoms with Crippen molar-refractivity contribution < 1.29 is 5.11 Å². The molecule has 1 rings (SSSR count). The standard InChI is InChI=1S/C9H17N3OS/c1-7-11-8(6-14-7)4-12(2)5-9(13)3-10/h6,9,13H,3-5,10H2,1-2H3. The van der Waals surface area contributed by atoms with Crippen molar-refractivity contribution in [2.75, 3.05) is 20.1 Å². The second-order valence-electron chi connectivity index (χ2n) is 3.44. The zero-order chi connectivity index (χ0) is 10.6. The van der Waals surface area contributed by atoms with Crippen LogP contribution < -0.4 is 5.73 Å². The van der Waals surface area contributed by atoms with Gasteiger partial charge in [0, 0.05) is 25.0 Å². The highest BCUT2D eigenvalue weighted by Crippen LogP contribution is 2.09. The Balaban J connectivity index is 2.37. The molecule has 4 nitrogen and oxygen atoms in total. The molecular formula is C9H17N3OS. The lowest BCUT2D eigenvalue weighted by molar-refractivity contribution is 0.129. The van der Waals surface area contributed by atoms with Gasteiger partial charge in [-0.2, -0.15) is 0 Å². The summed E-state index contributed by atoms with van der Waals surface area (Å²) < 4.78 is 0. The largest absolute Gasteiger partial charge is 0.390 e. The summed E-state index contributed by atoms with van der Waals surface area (Å²) in [5.74, 6) is 0. The van der Waals surface area contributed by atoms with E-state index in [0.717, 1.165) is 17.2 Å². The normalized spacial score (nSPS) is 13.5. The fourth-order valence-corrected chi connectivity index (χ4v) is 1.86. The summed E-state index contributed by atoms with van der Waals surface area (Å²) in [5, 5.41) is 12.4. The van der Waals surface area contributed by atoms with Gasteiger partial charge in [0.05, 0.1) is 16.8 Å². The van der Waals surface area contributed by atoms with E-state index in [-0.39, 0.29) is 0 Å². The Kier molecular flexibility index (Phi) is 4.47. The summed E-state index contributed by atoms with van der Waals surface area (Å²) in [6, 6.07) is 0. The van der Waals surface area contributed by atoms with Gasteiger partial charge in [-0.25, -0.2) is 4.98 Å². The SMILES string of the molecule is Cc1nc(CN(C)CC(O)CN)cs1. The van der Waals surface area contributed by atoms with E-state index >= 15 is 0 Å². The van der Waals surface area contributed by atoms with Gasteiger partial charge in [-0.3, -0.25) is 4.90 Å². The minimum Gasteiger partial charge on any atom is -0.390 e. The maximum Gasteiger partial charge on any atom is 0.0897 e. The van der Waals surface area contributed by atoms with Crippen molar-refractivity contribution in [2.45, 2.75) is 19.6 Å². The van der Waals surface area contributed by atoms with E-state index in [0.29, 0.717) is 13.1 Å². The summed E-state index contributed by atoms with van der Waals surface area (Å²) in [6.07, 6.45) is -0.445. The van der Waals surface area contributed by atoms with Crippen LogP contribution in [0.2, 0.25) is 0 Å². The Morgan fingerprint density at radius 3 is 2.93 bits per heavy atom. The first-order valence-electron chi connectivity index (χ1n) is 4.59. The lowest BCUT2D eigenvalue weighted by atomic mass is 10.3. The zero-order valence-electron chi connectivity index (χ0n) is 8.60.